The highest BCUT2D eigenvalue weighted by Crippen LogP contribution is 2.30. The number of anilines is 2. The van der Waals surface area contributed by atoms with E-state index in [1.54, 1.807) is 14.0 Å². The molecule has 1 aromatic carbocycles. The van der Waals surface area contributed by atoms with Crippen LogP contribution in [0, 0.1) is 0 Å². The van der Waals surface area contributed by atoms with Crippen LogP contribution in [0.5, 0.6) is 0 Å². The van der Waals surface area contributed by atoms with E-state index in [9.17, 15) is 4.79 Å². The van der Waals surface area contributed by atoms with Crippen LogP contribution in [0.25, 0.3) is 0 Å². The van der Waals surface area contributed by atoms with Gasteiger partial charge in [0.05, 0.1) is 6.10 Å². The molecule has 2 rings (SSSR count). The zero-order valence-electron chi connectivity index (χ0n) is 12.1. The second-order valence-corrected chi connectivity index (χ2v) is 5.14. The van der Waals surface area contributed by atoms with Crippen LogP contribution in [0.4, 0.5) is 11.4 Å². The summed E-state index contributed by atoms with van der Waals surface area (Å²) in [7, 11) is 1.72. The fraction of sp³-hybridized carbons (Fsp3) is 0.533. The Morgan fingerprint density at radius 2 is 2.16 bits per heavy atom. The Hall–Kier alpha value is -1.55. The first kappa shape index (κ1) is 13.9. The smallest absolute Gasteiger partial charge is 0.223 e. The first-order valence-corrected chi connectivity index (χ1v) is 6.73. The van der Waals surface area contributed by atoms with Gasteiger partial charge in [0.25, 0.3) is 0 Å². The standard InChI is InChI=1S/C15H22N2O2/c1-10(11(2)19-4)16-14-5-6-15-13(9-14)7-8-17(15)12(3)18/h5-6,9-11,16H,7-8H2,1-4H3. The molecule has 0 aliphatic carbocycles. The van der Waals surface area contributed by atoms with Gasteiger partial charge < -0.3 is 15.0 Å². The molecule has 0 aromatic heterocycles. The molecule has 0 radical (unpaired) electrons. The molecule has 4 nitrogen and oxygen atoms in total. The minimum Gasteiger partial charge on any atom is -0.380 e. The first-order chi connectivity index (χ1) is 9.02. The van der Waals surface area contributed by atoms with E-state index in [0.29, 0.717) is 0 Å². The molecule has 1 aliphatic rings. The molecule has 19 heavy (non-hydrogen) atoms. The quantitative estimate of drug-likeness (QED) is 0.906. The van der Waals surface area contributed by atoms with Gasteiger partial charge in [0.2, 0.25) is 5.91 Å². The van der Waals surface area contributed by atoms with Crippen molar-refractivity contribution in [3.05, 3.63) is 23.8 Å². The van der Waals surface area contributed by atoms with Crippen molar-refractivity contribution in [2.24, 2.45) is 0 Å². The van der Waals surface area contributed by atoms with Gasteiger partial charge in [-0.2, -0.15) is 0 Å². The second kappa shape index (κ2) is 5.61. The van der Waals surface area contributed by atoms with Crippen LogP contribution in [0.1, 0.15) is 26.3 Å². The van der Waals surface area contributed by atoms with Crippen molar-refractivity contribution >= 4 is 17.3 Å². The van der Waals surface area contributed by atoms with Crippen LogP contribution in [0.3, 0.4) is 0 Å². The average molecular weight is 262 g/mol. The predicted octanol–water partition coefficient (Wildman–Crippen LogP) is 2.43. The molecule has 1 aliphatic heterocycles. The largest absolute Gasteiger partial charge is 0.380 e. The maximum absolute atomic E-state index is 11.5. The minimum atomic E-state index is 0.112. The number of rotatable bonds is 4. The number of hydrogen-bond acceptors (Lipinski definition) is 3. The minimum absolute atomic E-state index is 0.112. The molecule has 1 aromatic rings. The number of amides is 1. The van der Waals surface area contributed by atoms with Gasteiger partial charge in [-0.15, -0.1) is 0 Å². The summed E-state index contributed by atoms with van der Waals surface area (Å²) in [6.07, 6.45) is 1.08. The number of carbonyl (C=O) groups is 1. The number of benzene rings is 1. The van der Waals surface area contributed by atoms with E-state index in [0.717, 1.165) is 24.3 Å². The van der Waals surface area contributed by atoms with Gasteiger partial charge in [0, 0.05) is 38.0 Å². The molecular weight excluding hydrogens is 240 g/mol. The predicted molar refractivity (Wildman–Crippen MR) is 77.7 cm³/mol. The molecule has 1 heterocycles. The molecule has 104 valence electrons. The number of ether oxygens (including phenoxy) is 1. The summed E-state index contributed by atoms with van der Waals surface area (Å²) in [5.74, 6) is 0.112. The van der Waals surface area contributed by atoms with E-state index in [1.165, 1.54) is 5.56 Å². The normalized spacial score (nSPS) is 16.9. The van der Waals surface area contributed by atoms with Crippen LogP contribution in [0.2, 0.25) is 0 Å². The molecule has 1 N–H and O–H groups in total. The van der Waals surface area contributed by atoms with Crippen molar-refractivity contribution in [1.82, 2.24) is 0 Å². The molecular formula is C15H22N2O2. The van der Waals surface area contributed by atoms with E-state index in [4.69, 9.17) is 4.74 Å². The Kier molecular flexibility index (Phi) is 4.10. The first-order valence-electron chi connectivity index (χ1n) is 6.73. The lowest BCUT2D eigenvalue weighted by atomic mass is 10.1. The highest BCUT2D eigenvalue weighted by molar-refractivity contribution is 5.94. The van der Waals surface area contributed by atoms with E-state index < -0.39 is 0 Å². The van der Waals surface area contributed by atoms with Crippen molar-refractivity contribution in [3.63, 3.8) is 0 Å². The third kappa shape index (κ3) is 2.89. The van der Waals surface area contributed by atoms with Gasteiger partial charge in [0.1, 0.15) is 0 Å². The van der Waals surface area contributed by atoms with E-state index >= 15 is 0 Å². The topological polar surface area (TPSA) is 41.6 Å². The number of methoxy groups -OCH3 is 1. The summed E-state index contributed by atoms with van der Waals surface area (Å²) >= 11 is 0. The van der Waals surface area contributed by atoms with Crippen LogP contribution >= 0.6 is 0 Å². The van der Waals surface area contributed by atoms with Gasteiger partial charge in [-0.3, -0.25) is 4.79 Å². The van der Waals surface area contributed by atoms with Gasteiger partial charge in [-0.1, -0.05) is 0 Å². The van der Waals surface area contributed by atoms with Crippen LogP contribution in [-0.4, -0.2) is 31.7 Å². The molecule has 2 atom stereocenters. The summed E-state index contributed by atoms with van der Waals surface area (Å²) in [5, 5.41) is 3.44. The fourth-order valence-corrected chi connectivity index (χ4v) is 2.40. The average Bonchev–Trinajstić information content (AvgIpc) is 2.80. The van der Waals surface area contributed by atoms with E-state index in [2.05, 4.69) is 18.3 Å². The molecule has 0 saturated carbocycles. The molecule has 4 heteroatoms. The van der Waals surface area contributed by atoms with Crippen molar-refractivity contribution in [3.8, 4) is 0 Å². The number of hydrogen-bond donors (Lipinski definition) is 1. The number of carbonyl (C=O) groups excluding carboxylic acids is 1. The number of nitrogens with zero attached hydrogens (tertiary/aromatic N) is 1. The number of nitrogens with one attached hydrogen (secondary N) is 1. The molecule has 2 unspecified atom stereocenters. The zero-order valence-corrected chi connectivity index (χ0v) is 12.1. The summed E-state index contributed by atoms with van der Waals surface area (Å²) in [6, 6.07) is 6.43. The monoisotopic (exact) mass is 262 g/mol. The zero-order chi connectivity index (χ0) is 14.0. The Balaban J connectivity index is 2.13. The van der Waals surface area contributed by atoms with E-state index in [1.807, 2.05) is 24.0 Å². The van der Waals surface area contributed by atoms with Crippen molar-refractivity contribution in [2.75, 3.05) is 23.9 Å². The maximum Gasteiger partial charge on any atom is 0.223 e. The Morgan fingerprint density at radius 3 is 2.79 bits per heavy atom. The molecule has 0 bridgehead atoms. The van der Waals surface area contributed by atoms with Crippen LogP contribution in [-0.2, 0) is 16.0 Å². The van der Waals surface area contributed by atoms with Crippen LogP contribution < -0.4 is 10.2 Å². The molecule has 0 fully saturated rings. The number of fused-ring (bicyclic) bond motifs is 1. The Morgan fingerprint density at radius 1 is 1.42 bits per heavy atom. The van der Waals surface area contributed by atoms with Crippen LogP contribution in [0.15, 0.2) is 18.2 Å². The summed E-state index contributed by atoms with van der Waals surface area (Å²) in [6.45, 7) is 6.55. The van der Waals surface area contributed by atoms with E-state index in [-0.39, 0.29) is 18.1 Å². The Bertz CT molecular complexity index is 473. The lowest BCUT2D eigenvalue weighted by molar-refractivity contribution is -0.116. The lowest BCUT2D eigenvalue weighted by Gasteiger charge is -2.22. The van der Waals surface area contributed by atoms with Gasteiger partial charge in [0.15, 0.2) is 0 Å². The van der Waals surface area contributed by atoms with Crippen molar-refractivity contribution in [1.29, 1.82) is 0 Å². The summed E-state index contributed by atoms with van der Waals surface area (Å²) in [4.78, 5) is 13.3. The van der Waals surface area contributed by atoms with Crippen molar-refractivity contribution in [2.45, 2.75) is 39.3 Å². The summed E-state index contributed by atoms with van der Waals surface area (Å²) < 4.78 is 5.31. The highest BCUT2D eigenvalue weighted by Gasteiger charge is 2.22. The third-order valence-corrected chi connectivity index (χ3v) is 3.83. The van der Waals surface area contributed by atoms with Gasteiger partial charge >= 0.3 is 0 Å². The highest BCUT2D eigenvalue weighted by atomic mass is 16.5. The lowest BCUT2D eigenvalue weighted by Crippen LogP contribution is -2.29. The summed E-state index contributed by atoms with van der Waals surface area (Å²) in [5.41, 5.74) is 3.36. The Labute approximate surface area is 114 Å². The molecule has 1 amide bonds. The SMILES string of the molecule is COC(C)C(C)Nc1ccc2c(c1)CCN2C(C)=O. The van der Waals surface area contributed by atoms with Gasteiger partial charge in [-0.05, 0) is 44.0 Å². The maximum atomic E-state index is 11.5. The van der Waals surface area contributed by atoms with Crippen molar-refractivity contribution < 1.29 is 9.53 Å². The third-order valence-electron chi connectivity index (χ3n) is 3.83. The molecule has 0 saturated heterocycles. The molecule has 0 spiro atoms. The van der Waals surface area contributed by atoms with Gasteiger partial charge in [-0.25, -0.2) is 0 Å². The second-order valence-electron chi connectivity index (χ2n) is 5.14. The fourth-order valence-electron chi connectivity index (χ4n) is 2.40.